The van der Waals surface area contributed by atoms with Gasteiger partial charge < -0.3 is 5.73 Å². The van der Waals surface area contributed by atoms with Crippen LogP contribution in [0, 0.1) is 19.7 Å². The fraction of sp³-hybridized carbons (Fsp3) is 0.364. The van der Waals surface area contributed by atoms with Crippen LogP contribution < -0.4 is 5.73 Å². The number of rotatable bonds is 2. The monoisotopic (exact) mass is 195 g/mol. The average molecular weight is 195 g/mol. The highest BCUT2D eigenvalue weighted by Crippen LogP contribution is 2.15. The molecule has 0 bridgehead atoms. The highest BCUT2D eigenvalue weighted by atomic mass is 19.1. The molecule has 0 aromatic heterocycles. The fourth-order valence-corrected chi connectivity index (χ4v) is 1.29. The molecule has 2 nitrogen and oxygen atoms in total. The van der Waals surface area contributed by atoms with Gasteiger partial charge >= 0.3 is 0 Å². The molecule has 1 unspecified atom stereocenters. The minimum atomic E-state index is -0.543. The van der Waals surface area contributed by atoms with E-state index in [4.69, 9.17) is 5.73 Å². The molecule has 0 radical (unpaired) electrons. The van der Waals surface area contributed by atoms with Gasteiger partial charge in [-0.25, -0.2) is 4.39 Å². The summed E-state index contributed by atoms with van der Waals surface area (Å²) in [6.07, 6.45) is 0. The minimum absolute atomic E-state index is 0.148. The van der Waals surface area contributed by atoms with Crippen LogP contribution in [0.5, 0.6) is 0 Å². The van der Waals surface area contributed by atoms with Crippen LogP contribution >= 0.6 is 0 Å². The van der Waals surface area contributed by atoms with Gasteiger partial charge in [0.1, 0.15) is 5.82 Å². The zero-order valence-electron chi connectivity index (χ0n) is 8.60. The third-order valence-corrected chi connectivity index (χ3v) is 2.18. The van der Waals surface area contributed by atoms with Gasteiger partial charge in [0.2, 0.25) is 0 Å². The van der Waals surface area contributed by atoms with Crippen molar-refractivity contribution >= 4 is 5.78 Å². The van der Waals surface area contributed by atoms with Crippen molar-refractivity contribution < 1.29 is 9.18 Å². The van der Waals surface area contributed by atoms with Gasteiger partial charge in [0.25, 0.3) is 0 Å². The number of carbonyl (C=O) groups excluding carboxylic acids is 1. The standard InChI is InChI=1S/C11H14FNO/c1-6-5-10(12)7(2)4-9(6)11(14)8(3)13/h4-5,8H,13H2,1-3H3. The van der Waals surface area contributed by atoms with Crippen molar-refractivity contribution in [2.75, 3.05) is 0 Å². The first kappa shape index (κ1) is 10.9. The number of Topliss-reactive ketones (excluding diaryl/α,β-unsaturated/α-hetero) is 1. The highest BCUT2D eigenvalue weighted by molar-refractivity contribution is 6.01. The second kappa shape index (κ2) is 3.88. The number of benzene rings is 1. The molecular formula is C11H14FNO. The Bertz CT molecular complexity index is 372. The van der Waals surface area contributed by atoms with Crippen molar-refractivity contribution in [2.45, 2.75) is 26.8 Å². The van der Waals surface area contributed by atoms with Crippen LogP contribution in [0.15, 0.2) is 12.1 Å². The Kier molecular flexibility index (Phi) is 3.01. The Morgan fingerprint density at radius 1 is 1.36 bits per heavy atom. The number of carbonyl (C=O) groups is 1. The molecule has 1 aromatic carbocycles. The summed E-state index contributed by atoms with van der Waals surface area (Å²) in [7, 11) is 0. The van der Waals surface area contributed by atoms with Gasteiger partial charge in [0, 0.05) is 5.56 Å². The topological polar surface area (TPSA) is 43.1 Å². The Morgan fingerprint density at radius 3 is 2.43 bits per heavy atom. The van der Waals surface area contributed by atoms with E-state index in [0.29, 0.717) is 16.7 Å². The molecule has 1 aromatic rings. The highest BCUT2D eigenvalue weighted by Gasteiger charge is 2.14. The number of hydrogen-bond donors (Lipinski definition) is 1. The lowest BCUT2D eigenvalue weighted by atomic mass is 9.98. The van der Waals surface area contributed by atoms with E-state index >= 15 is 0 Å². The van der Waals surface area contributed by atoms with Crippen molar-refractivity contribution in [3.05, 3.63) is 34.6 Å². The van der Waals surface area contributed by atoms with Crippen molar-refractivity contribution in [1.82, 2.24) is 0 Å². The van der Waals surface area contributed by atoms with Gasteiger partial charge in [-0.2, -0.15) is 0 Å². The molecule has 0 aliphatic carbocycles. The van der Waals surface area contributed by atoms with Gasteiger partial charge in [-0.3, -0.25) is 4.79 Å². The fourth-order valence-electron chi connectivity index (χ4n) is 1.29. The largest absolute Gasteiger partial charge is 0.321 e. The molecular weight excluding hydrogens is 181 g/mol. The Hall–Kier alpha value is -1.22. The molecule has 14 heavy (non-hydrogen) atoms. The zero-order valence-corrected chi connectivity index (χ0v) is 8.60. The van der Waals surface area contributed by atoms with Gasteiger partial charge in [-0.05, 0) is 44.0 Å². The lowest BCUT2D eigenvalue weighted by Gasteiger charge is -2.09. The number of aryl methyl sites for hydroxylation is 2. The molecule has 0 fully saturated rings. The molecule has 0 aliphatic rings. The van der Waals surface area contributed by atoms with Crippen LogP contribution in [0.4, 0.5) is 4.39 Å². The summed E-state index contributed by atoms with van der Waals surface area (Å²) < 4.78 is 13.1. The zero-order chi connectivity index (χ0) is 10.9. The van der Waals surface area contributed by atoms with E-state index in [2.05, 4.69) is 0 Å². The molecule has 0 spiro atoms. The van der Waals surface area contributed by atoms with Crippen LogP contribution in [-0.4, -0.2) is 11.8 Å². The maximum atomic E-state index is 13.1. The normalized spacial score (nSPS) is 12.6. The van der Waals surface area contributed by atoms with Crippen molar-refractivity contribution in [2.24, 2.45) is 5.73 Å². The first-order chi connectivity index (χ1) is 6.43. The van der Waals surface area contributed by atoms with Crippen molar-refractivity contribution in [3.63, 3.8) is 0 Å². The van der Waals surface area contributed by atoms with Crippen molar-refractivity contribution in [3.8, 4) is 0 Å². The van der Waals surface area contributed by atoms with Crippen LogP contribution in [-0.2, 0) is 0 Å². The number of hydrogen-bond acceptors (Lipinski definition) is 2. The Morgan fingerprint density at radius 2 is 1.93 bits per heavy atom. The van der Waals surface area contributed by atoms with Gasteiger partial charge in [0.15, 0.2) is 5.78 Å². The summed E-state index contributed by atoms with van der Waals surface area (Å²) >= 11 is 0. The minimum Gasteiger partial charge on any atom is -0.321 e. The molecule has 0 heterocycles. The molecule has 0 amide bonds. The quantitative estimate of drug-likeness (QED) is 0.733. The summed E-state index contributed by atoms with van der Waals surface area (Å²) in [4.78, 5) is 11.6. The van der Waals surface area contributed by atoms with E-state index in [1.54, 1.807) is 26.8 Å². The molecule has 3 heteroatoms. The molecule has 1 atom stereocenters. The SMILES string of the molecule is Cc1cc(C(=O)C(C)N)c(C)cc1F. The maximum absolute atomic E-state index is 13.1. The summed E-state index contributed by atoms with van der Waals surface area (Å²) in [5.41, 5.74) is 7.10. The average Bonchev–Trinajstić information content (AvgIpc) is 2.10. The second-order valence-electron chi connectivity index (χ2n) is 3.57. The third kappa shape index (κ3) is 1.99. The van der Waals surface area contributed by atoms with E-state index in [9.17, 15) is 9.18 Å². The third-order valence-electron chi connectivity index (χ3n) is 2.18. The van der Waals surface area contributed by atoms with E-state index in [1.165, 1.54) is 6.07 Å². The summed E-state index contributed by atoms with van der Waals surface area (Å²) in [5.74, 6) is -0.436. The molecule has 0 saturated heterocycles. The van der Waals surface area contributed by atoms with E-state index in [0.717, 1.165) is 0 Å². The van der Waals surface area contributed by atoms with Crippen LogP contribution in [0.1, 0.15) is 28.4 Å². The molecule has 2 N–H and O–H groups in total. The van der Waals surface area contributed by atoms with E-state index < -0.39 is 6.04 Å². The number of ketones is 1. The summed E-state index contributed by atoms with van der Waals surface area (Å²) in [6, 6.07) is 2.37. The smallest absolute Gasteiger partial charge is 0.179 e. The van der Waals surface area contributed by atoms with Gasteiger partial charge in [-0.15, -0.1) is 0 Å². The van der Waals surface area contributed by atoms with Crippen LogP contribution in [0.25, 0.3) is 0 Å². The Labute approximate surface area is 82.9 Å². The van der Waals surface area contributed by atoms with Crippen LogP contribution in [0.3, 0.4) is 0 Å². The number of halogens is 1. The lowest BCUT2D eigenvalue weighted by Crippen LogP contribution is -2.27. The van der Waals surface area contributed by atoms with Gasteiger partial charge in [0.05, 0.1) is 6.04 Å². The van der Waals surface area contributed by atoms with Gasteiger partial charge in [-0.1, -0.05) is 0 Å². The summed E-state index contributed by atoms with van der Waals surface area (Å²) in [5, 5.41) is 0. The molecule has 1 rings (SSSR count). The first-order valence-electron chi connectivity index (χ1n) is 4.50. The predicted octanol–water partition coefficient (Wildman–Crippen LogP) is 1.97. The van der Waals surface area contributed by atoms with E-state index in [1.807, 2.05) is 0 Å². The Balaban J connectivity index is 3.22. The second-order valence-corrected chi connectivity index (χ2v) is 3.57. The van der Waals surface area contributed by atoms with E-state index in [-0.39, 0.29) is 11.6 Å². The molecule has 0 saturated carbocycles. The maximum Gasteiger partial charge on any atom is 0.179 e. The predicted molar refractivity (Wildman–Crippen MR) is 53.9 cm³/mol. The lowest BCUT2D eigenvalue weighted by molar-refractivity contribution is 0.0967. The van der Waals surface area contributed by atoms with Crippen molar-refractivity contribution in [1.29, 1.82) is 0 Å². The molecule has 76 valence electrons. The molecule has 0 aliphatic heterocycles. The van der Waals surface area contributed by atoms with Crippen LogP contribution in [0.2, 0.25) is 0 Å². The number of nitrogens with two attached hydrogens (primary N) is 1. The summed E-state index contributed by atoms with van der Waals surface area (Å²) in [6.45, 7) is 4.96. The first-order valence-corrected chi connectivity index (χ1v) is 4.50.